The third kappa shape index (κ3) is 2.45. The molecule has 0 saturated carbocycles. The summed E-state index contributed by atoms with van der Waals surface area (Å²) in [6.45, 7) is 8.85. The van der Waals surface area contributed by atoms with Crippen LogP contribution in [-0.2, 0) is 0 Å². The van der Waals surface area contributed by atoms with Crippen molar-refractivity contribution in [3.8, 4) is 5.75 Å². The zero-order chi connectivity index (χ0) is 10.1. The van der Waals surface area contributed by atoms with Crippen LogP contribution in [0.2, 0.25) is 0 Å². The number of para-hydroxylation sites is 1. The molecule has 1 atom stereocenters. The van der Waals surface area contributed by atoms with Crippen molar-refractivity contribution in [3.63, 3.8) is 0 Å². The van der Waals surface area contributed by atoms with Crippen LogP contribution >= 0.6 is 7.92 Å². The molecule has 13 heavy (non-hydrogen) atoms. The smallest absolute Gasteiger partial charge is 0.123 e. The van der Waals surface area contributed by atoms with Gasteiger partial charge >= 0.3 is 0 Å². The summed E-state index contributed by atoms with van der Waals surface area (Å²) in [4.78, 5) is 0. The molecule has 0 aliphatic rings. The van der Waals surface area contributed by atoms with Crippen molar-refractivity contribution in [2.24, 2.45) is 0 Å². The minimum atomic E-state index is -0.288. The topological polar surface area (TPSA) is 20.2 Å². The van der Waals surface area contributed by atoms with E-state index in [0.29, 0.717) is 5.75 Å². The maximum Gasteiger partial charge on any atom is 0.123 e. The van der Waals surface area contributed by atoms with E-state index in [4.69, 9.17) is 0 Å². The van der Waals surface area contributed by atoms with Gasteiger partial charge in [0.15, 0.2) is 0 Å². The molecule has 1 unspecified atom stereocenters. The summed E-state index contributed by atoms with van der Waals surface area (Å²) >= 11 is 0. The summed E-state index contributed by atoms with van der Waals surface area (Å²) in [5.74, 6) is 0.436. The highest BCUT2D eigenvalue weighted by Gasteiger charge is 2.22. The number of phenolic OH excluding ortho intramolecular Hbond substituents is 1. The van der Waals surface area contributed by atoms with Gasteiger partial charge in [-0.1, -0.05) is 46.9 Å². The Hall–Kier alpha value is -0.550. The molecular weight excluding hydrogens is 179 g/mol. The van der Waals surface area contributed by atoms with E-state index in [2.05, 4.69) is 27.4 Å². The monoisotopic (exact) mass is 196 g/mol. The largest absolute Gasteiger partial charge is 0.507 e. The van der Waals surface area contributed by atoms with Crippen LogP contribution in [0.3, 0.4) is 0 Å². The molecule has 1 rings (SSSR count). The molecule has 0 aliphatic carbocycles. The fourth-order valence-corrected chi connectivity index (χ4v) is 2.56. The molecule has 1 nitrogen and oxygen atoms in total. The van der Waals surface area contributed by atoms with Crippen molar-refractivity contribution in [1.82, 2.24) is 0 Å². The Bertz CT molecular complexity index is 288. The molecule has 1 aromatic rings. The number of phenols is 1. The van der Waals surface area contributed by atoms with E-state index >= 15 is 0 Å². The maximum atomic E-state index is 9.66. The standard InChI is InChI=1S/C11H17OP/c1-11(2,3)13(4)10-8-6-5-7-9(10)12/h5-8,12H,1-4H3. The molecule has 0 spiro atoms. The van der Waals surface area contributed by atoms with Crippen LogP contribution in [0.1, 0.15) is 20.8 Å². The van der Waals surface area contributed by atoms with Crippen LogP contribution in [0.5, 0.6) is 5.75 Å². The second-order valence-electron chi connectivity index (χ2n) is 4.22. The number of hydrogen-bond acceptors (Lipinski definition) is 1. The first kappa shape index (κ1) is 10.5. The highest BCUT2D eigenvalue weighted by molar-refractivity contribution is 7.66. The number of aromatic hydroxyl groups is 1. The van der Waals surface area contributed by atoms with E-state index in [9.17, 15) is 5.11 Å². The van der Waals surface area contributed by atoms with Gasteiger partial charge in [-0.05, 0) is 17.9 Å². The first-order valence-electron chi connectivity index (χ1n) is 4.45. The van der Waals surface area contributed by atoms with Gasteiger partial charge in [-0.3, -0.25) is 0 Å². The van der Waals surface area contributed by atoms with Crippen LogP contribution in [0.4, 0.5) is 0 Å². The Morgan fingerprint density at radius 2 is 1.69 bits per heavy atom. The van der Waals surface area contributed by atoms with Gasteiger partial charge in [0, 0.05) is 5.30 Å². The van der Waals surface area contributed by atoms with Crippen LogP contribution in [0.25, 0.3) is 0 Å². The molecule has 0 saturated heterocycles. The van der Waals surface area contributed by atoms with Crippen molar-refractivity contribution < 1.29 is 5.11 Å². The summed E-state index contributed by atoms with van der Waals surface area (Å²) < 4.78 is 0. The van der Waals surface area contributed by atoms with E-state index in [-0.39, 0.29) is 13.1 Å². The van der Waals surface area contributed by atoms with Gasteiger partial charge in [-0.2, -0.15) is 0 Å². The van der Waals surface area contributed by atoms with Gasteiger partial charge in [-0.15, -0.1) is 0 Å². The molecule has 0 radical (unpaired) electrons. The molecule has 0 amide bonds. The quantitative estimate of drug-likeness (QED) is 0.685. The molecule has 0 bridgehead atoms. The first-order valence-corrected chi connectivity index (χ1v) is 6.23. The summed E-state index contributed by atoms with van der Waals surface area (Å²) in [5.41, 5.74) is 0. The van der Waals surface area contributed by atoms with Gasteiger partial charge in [0.1, 0.15) is 5.75 Å². The van der Waals surface area contributed by atoms with Gasteiger partial charge < -0.3 is 5.11 Å². The predicted molar refractivity (Wildman–Crippen MR) is 60.3 cm³/mol. The van der Waals surface area contributed by atoms with Crippen molar-refractivity contribution in [2.75, 3.05) is 6.66 Å². The number of hydrogen-bond donors (Lipinski definition) is 1. The Labute approximate surface area is 81.6 Å². The van der Waals surface area contributed by atoms with E-state index in [1.54, 1.807) is 6.07 Å². The SMILES string of the molecule is CP(c1ccccc1O)C(C)(C)C. The lowest BCUT2D eigenvalue weighted by Crippen LogP contribution is -2.18. The zero-order valence-electron chi connectivity index (χ0n) is 8.70. The molecular formula is C11H17OP. The average Bonchev–Trinajstić information content (AvgIpc) is 2.02. The molecule has 0 heterocycles. The average molecular weight is 196 g/mol. The molecule has 2 heteroatoms. The zero-order valence-corrected chi connectivity index (χ0v) is 9.60. The predicted octanol–water partition coefficient (Wildman–Crippen LogP) is 2.93. The van der Waals surface area contributed by atoms with E-state index in [1.807, 2.05) is 18.2 Å². The highest BCUT2D eigenvalue weighted by Crippen LogP contribution is 2.46. The summed E-state index contributed by atoms with van der Waals surface area (Å²) in [6.07, 6.45) is 0. The molecule has 72 valence electrons. The fourth-order valence-electron chi connectivity index (χ4n) is 1.11. The molecule has 0 aliphatic heterocycles. The molecule has 0 aromatic heterocycles. The van der Waals surface area contributed by atoms with Gasteiger partial charge in [0.25, 0.3) is 0 Å². The Balaban J connectivity index is 3.02. The lowest BCUT2D eigenvalue weighted by molar-refractivity contribution is 0.479. The maximum absolute atomic E-state index is 9.66. The molecule has 1 N–H and O–H groups in total. The van der Waals surface area contributed by atoms with Gasteiger partial charge in [0.2, 0.25) is 0 Å². The Morgan fingerprint density at radius 3 is 2.15 bits per heavy atom. The van der Waals surface area contributed by atoms with Gasteiger partial charge in [-0.25, -0.2) is 0 Å². The van der Waals surface area contributed by atoms with Crippen LogP contribution in [-0.4, -0.2) is 16.9 Å². The lowest BCUT2D eigenvalue weighted by atomic mass is 10.3. The van der Waals surface area contributed by atoms with Crippen molar-refractivity contribution >= 4 is 13.2 Å². The van der Waals surface area contributed by atoms with Crippen LogP contribution in [0.15, 0.2) is 24.3 Å². The van der Waals surface area contributed by atoms with E-state index in [0.717, 1.165) is 5.30 Å². The third-order valence-corrected chi connectivity index (χ3v) is 5.36. The van der Waals surface area contributed by atoms with Crippen LogP contribution in [0, 0.1) is 0 Å². The second kappa shape index (κ2) is 3.67. The Kier molecular flexibility index (Phi) is 2.98. The molecule has 1 aromatic carbocycles. The minimum absolute atomic E-state index is 0.258. The lowest BCUT2D eigenvalue weighted by Gasteiger charge is -2.28. The normalized spacial score (nSPS) is 14.2. The second-order valence-corrected chi connectivity index (χ2v) is 7.16. The third-order valence-electron chi connectivity index (χ3n) is 2.25. The van der Waals surface area contributed by atoms with Crippen molar-refractivity contribution in [1.29, 1.82) is 0 Å². The van der Waals surface area contributed by atoms with E-state index in [1.165, 1.54) is 0 Å². The number of rotatable bonds is 1. The molecule has 0 fully saturated rings. The summed E-state index contributed by atoms with van der Waals surface area (Å²) in [5, 5.41) is 11.0. The fraction of sp³-hybridized carbons (Fsp3) is 0.455. The first-order chi connectivity index (χ1) is 5.93. The van der Waals surface area contributed by atoms with Crippen LogP contribution < -0.4 is 5.30 Å². The summed E-state index contributed by atoms with van der Waals surface area (Å²) in [7, 11) is -0.288. The minimum Gasteiger partial charge on any atom is -0.507 e. The summed E-state index contributed by atoms with van der Waals surface area (Å²) in [6, 6.07) is 7.64. The Morgan fingerprint density at radius 1 is 1.15 bits per heavy atom. The van der Waals surface area contributed by atoms with E-state index < -0.39 is 0 Å². The highest BCUT2D eigenvalue weighted by atomic mass is 31.1. The van der Waals surface area contributed by atoms with Gasteiger partial charge in [0.05, 0.1) is 0 Å². The van der Waals surface area contributed by atoms with Crippen molar-refractivity contribution in [2.45, 2.75) is 25.9 Å². The van der Waals surface area contributed by atoms with Crippen molar-refractivity contribution in [3.05, 3.63) is 24.3 Å². The number of benzene rings is 1.